The van der Waals surface area contributed by atoms with Crippen molar-refractivity contribution in [2.24, 2.45) is 0 Å². The monoisotopic (exact) mass is 372 g/mol. The van der Waals surface area contributed by atoms with Crippen LogP contribution >= 0.6 is 11.3 Å². The molecule has 26 heavy (non-hydrogen) atoms. The van der Waals surface area contributed by atoms with Crippen LogP contribution in [0.5, 0.6) is 0 Å². The zero-order valence-electron chi connectivity index (χ0n) is 14.5. The molecule has 136 valence electrons. The van der Waals surface area contributed by atoms with Gasteiger partial charge in [0, 0.05) is 28.6 Å². The van der Waals surface area contributed by atoms with Crippen molar-refractivity contribution >= 4 is 40.5 Å². The molecule has 0 saturated heterocycles. The summed E-state index contributed by atoms with van der Waals surface area (Å²) >= 11 is 1.45. The summed E-state index contributed by atoms with van der Waals surface area (Å²) in [5.41, 5.74) is 1.53. The highest BCUT2D eigenvalue weighted by Gasteiger charge is 2.38. The minimum Gasteiger partial charge on any atom is -0.481 e. The predicted molar refractivity (Wildman–Crippen MR) is 101 cm³/mol. The maximum absolute atomic E-state index is 12.4. The number of carboxylic acid groups (broad SMARTS) is 1. The van der Waals surface area contributed by atoms with Gasteiger partial charge in [-0.2, -0.15) is 0 Å². The Bertz CT molecular complexity index is 858. The van der Waals surface area contributed by atoms with Gasteiger partial charge < -0.3 is 15.7 Å². The van der Waals surface area contributed by atoms with Gasteiger partial charge in [0.15, 0.2) is 0 Å². The zero-order valence-corrected chi connectivity index (χ0v) is 15.4. The third-order valence-corrected chi connectivity index (χ3v) is 5.63. The minimum atomic E-state index is -0.930. The number of amides is 2. The van der Waals surface area contributed by atoms with E-state index in [0.717, 1.165) is 16.1 Å². The molecule has 1 aromatic carbocycles. The fourth-order valence-electron chi connectivity index (χ4n) is 3.09. The predicted octanol–water partition coefficient (Wildman–Crippen LogP) is 3.56. The number of nitrogens with one attached hydrogen (secondary N) is 2. The number of hydrogen-bond acceptors (Lipinski definition) is 4. The maximum Gasteiger partial charge on any atom is 0.304 e. The number of aliphatic carboxylic acids is 1. The topological polar surface area (TPSA) is 95.5 Å². The third-order valence-electron chi connectivity index (χ3n) is 4.59. The Morgan fingerprint density at radius 1 is 1.27 bits per heavy atom. The standard InChI is InChI=1S/C19H20N2O4S/c1-19(2)13-10-12(5-6-14(13)21-18(19)25)20-16(22)8-11(9-17(23)24)15-4-3-7-26-15/h3-7,10-11H,8-9H2,1-2H3,(H,20,22)(H,21,25)(H,23,24). The van der Waals surface area contributed by atoms with Crippen molar-refractivity contribution in [3.63, 3.8) is 0 Å². The smallest absolute Gasteiger partial charge is 0.304 e. The SMILES string of the molecule is CC1(C)C(=O)Nc2ccc(NC(=O)CC(CC(=O)O)c3cccs3)cc21. The summed E-state index contributed by atoms with van der Waals surface area (Å²) in [7, 11) is 0. The molecule has 3 N–H and O–H groups in total. The summed E-state index contributed by atoms with van der Waals surface area (Å²) in [4.78, 5) is 36.4. The Morgan fingerprint density at radius 3 is 2.69 bits per heavy atom. The summed E-state index contributed by atoms with van der Waals surface area (Å²) in [5, 5.41) is 16.6. The highest BCUT2D eigenvalue weighted by atomic mass is 32.1. The molecular formula is C19H20N2O4S. The van der Waals surface area contributed by atoms with Gasteiger partial charge in [-0.15, -0.1) is 11.3 Å². The van der Waals surface area contributed by atoms with Gasteiger partial charge in [0.25, 0.3) is 0 Å². The van der Waals surface area contributed by atoms with Gasteiger partial charge in [-0.05, 0) is 49.1 Å². The van der Waals surface area contributed by atoms with Gasteiger partial charge in [-0.25, -0.2) is 0 Å². The molecule has 0 spiro atoms. The minimum absolute atomic E-state index is 0.0739. The maximum atomic E-state index is 12.4. The van der Waals surface area contributed by atoms with Crippen LogP contribution in [0, 0.1) is 0 Å². The van der Waals surface area contributed by atoms with E-state index >= 15 is 0 Å². The summed E-state index contributed by atoms with van der Waals surface area (Å²) in [6.07, 6.45) is -0.00591. The molecule has 0 aliphatic carbocycles. The van der Waals surface area contributed by atoms with Crippen LogP contribution in [0.15, 0.2) is 35.7 Å². The Morgan fingerprint density at radius 2 is 2.04 bits per heavy atom. The summed E-state index contributed by atoms with van der Waals surface area (Å²) in [6.45, 7) is 3.67. The Hall–Kier alpha value is -2.67. The van der Waals surface area contributed by atoms with Crippen molar-refractivity contribution in [1.29, 1.82) is 0 Å². The van der Waals surface area contributed by atoms with Crippen LogP contribution < -0.4 is 10.6 Å². The Balaban J connectivity index is 1.73. The number of anilines is 2. The van der Waals surface area contributed by atoms with E-state index < -0.39 is 11.4 Å². The molecule has 2 amide bonds. The number of thiophene rings is 1. The lowest BCUT2D eigenvalue weighted by Crippen LogP contribution is -2.27. The van der Waals surface area contributed by atoms with Crippen molar-refractivity contribution in [3.8, 4) is 0 Å². The first-order chi connectivity index (χ1) is 12.3. The number of carboxylic acids is 1. The van der Waals surface area contributed by atoms with Crippen LogP contribution in [0.25, 0.3) is 0 Å². The van der Waals surface area contributed by atoms with Crippen molar-refractivity contribution in [2.45, 2.75) is 38.0 Å². The van der Waals surface area contributed by atoms with Crippen LogP contribution in [0.2, 0.25) is 0 Å². The molecule has 1 aliphatic heterocycles. The average Bonchev–Trinajstić information content (AvgIpc) is 3.15. The van der Waals surface area contributed by atoms with Gasteiger partial charge >= 0.3 is 5.97 Å². The van der Waals surface area contributed by atoms with Crippen LogP contribution in [0.1, 0.15) is 43.0 Å². The van der Waals surface area contributed by atoms with Crippen molar-refractivity contribution in [2.75, 3.05) is 10.6 Å². The molecule has 0 fully saturated rings. The number of fused-ring (bicyclic) bond motifs is 1. The normalized spacial score (nSPS) is 15.8. The fraction of sp³-hybridized carbons (Fsp3) is 0.316. The quantitative estimate of drug-likeness (QED) is 0.722. The first-order valence-corrected chi connectivity index (χ1v) is 9.16. The first-order valence-electron chi connectivity index (χ1n) is 8.28. The number of hydrogen-bond donors (Lipinski definition) is 3. The number of rotatable bonds is 6. The van der Waals surface area contributed by atoms with E-state index in [1.54, 1.807) is 18.2 Å². The molecule has 1 aromatic heterocycles. The van der Waals surface area contributed by atoms with Crippen molar-refractivity contribution in [3.05, 3.63) is 46.2 Å². The second-order valence-corrected chi connectivity index (χ2v) is 7.88. The van der Waals surface area contributed by atoms with E-state index in [1.165, 1.54) is 11.3 Å². The molecule has 0 radical (unpaired) electrons. The molecule has 6 nitrogen and oxygen atoms in total. The Kier molecular flexibility index (Phi) is 4.82. The van der Waals surface area contributed by atoms with E-state index in [9.17, 15) is 14.4 Å². The molecule has 2 aromatic rings. The van der Waals surface area contributed by atoms with Gasteiger partial charge in [-0.1, -0.05) is 6.07 Å². The van der Waals surface area contributed by atoms with Crippen LogP contribution in [-0.4, -0.2) is 22.9 Å². The fourth-order valence-corrected chi connectivity index (χ4v) is 3.92. The van der Waals surface area contributed by atoms with Gasteiger partial charge in [0.2, 0.25) is 11.8 Å². The lowest BCUT2D eigenvalue weighted by molar-refractivity contribution is -0.137. The number of carbonyl (C=O) groups excluding carboxylic acids is 2. The largest absolute Gasteiger partial charge is 0.481 e. The summed E-state index contributed by atoms with van der Waals surface area (Å²) in [5.74, 6) is -1.61. The van der Waals surface area contributed by atoms with E-state index in [1.807, 2.05) is 31.4 Å². The van der Waals surface area contributed by atoms with Crippen molar-refractivity contribution < 1.29 is 19.5 Å². The molecular weight excluding hydrogens is 352 g/mol. The Labute approximate surface area is 155 Å². The summed E-state index contributed by atoms with van der Waals surface area (Å²) < 4.78 is 0. The average molecular weight is 372 g/mol. The molecule has 0 saturated carbocycles. The molecule has 7 heteroatoms. The van der Waals surface area contributed by atoms with E-state index in [0.29, 0.717) is 5.69 Å². The molecule has 3 rings (SSSR count). The van der Waals surface area contributed by atoms with E-state index in [4.69, 9.17) is 5.11 Å². The van der Waals surface area contributed by atoms with Crippen LogP contribution in [0.3, 0.4) is 0 Å². The molecule has 1 aliphatic rings. The third kappa shape index (κ3) is 3.62. The molecule has 1 unspecified atom stereocenters. The number of carbonyl (C=O) groups is 3. The van der Waals surface area contributed by atoms with Crippen LogP contribution in [0.4, 0.5) is 11.4 Å². The zero-order chi connectivity index (χ0) is 18.9. The second-order valence-electron chi connectivity index (χ2n) is 6.90. The molecule has 2 heterocycles. The van der Waals surface area contributed by atoms with Gasteiger partial charge in [-0.3, -0.25) is 14.4 Å². The van der Waals surface area contributed by atoms with Gasteiger partial charge in [0.1, 0.15) is 0 Å². The highest BCUT2D eigenvalue weighted by molar-refractivity contribution is 7.10. The number of benzene rings is 1. The lowest BCUT2D eigenvalue weighted by Gasteiger charge is -2.17. The summed E-state index contributed by atoms with van der Waals surface area (Å²) in [6, 6.07) is 8.99. The molecule has 1 atom stereocenters. The second kappa shape index (κ2) is 6.92. The first kappa shape index (κ1) is 18.1. The van der Waals surface area contributed by atoms with Gasteiger partial charge in [0.05, 0.1) is 11.8 Å². The van der Waals surface area contributed by atoms with E-state index in [2.05, 4.69) is 10.6 Å². The lowest BCUT2D eigenvalue weighted by atomic mass is 9.86. The molecule has 0 bridgehead atoms. The van der Waals surface area contributed by atoms with Crippen LogP contribution in [-0.2, 0) is 19.8 Å². The highest BCUT2D eigenvalue weighted by Crippen LogP contribution is 2.38. The van der Waals surface area contributed by atoms with E-state index in [-0.39, 0.29) is 30.6 Å². The van der Waals surface area contributed by atoms with Crippen molar-refractivity contribution in [1.82, 2.24) is 0 Å².